The number of nitrogens with zero attached hydrogens (tertiary/aromatic N) is 3. The lowest BCUT2D eigenvalue weighted by molar-refractivity contribution is -0.114. The van der Waals surface area contributed by atoms with Crippen molar-refractivity contribution in [2.24, 2.45) is 0 Å². The number of aromatic nitrogens is 3. The Bertz CT molecular complexity index is 675. The van der Waals surface area contributed by atoms with Gasteiger partial charge in [0.25, 0.3) is 0 Å². The Morgan fingerprint density at radius 2 is 0.861 bits per heavy atom. The maximum atomic E-state index is 9.44. The van der Waals surface area contributed by atoms with E-state index < -0.39 is 0 Å². The molecule has 0 radical (unpaired) electrons. The second-order valence-corrected chi connectivity index (χ2v) is 6.44. The SMILES string of the molecule is CC.CC.CC.CC(C)=O.CCC.CCc1ccccn1.CCc1ccccn1.Cc1ccccn1. The average Bonchev–Trinajstić information content (AvgIpc) is 2.94. The van der Waals surface area contributed by atoms with Gasteiger partial charge in [0.2, 0.25) is 0 Å². The first-order valence-electron chi connectivity index (χ1n) is 13.6. The Kier molecular flexibility index (Phi) is 50.8. The summed E-state index contributed by atoms with van der Waals surface area (Å²) in [6, 6.07) is 17.8. The van der Waals surface area contributed by atoms with E-state index in [1.54, 1.807) is 6.20 Å². The predicted molar refractivity (Wildman–Crippen MR) is 163 cm³/mol. The molecule has 0 amide bonds. The average molecular weight is 500 g/mol. The molecule has 3 aromatic rings. The van der Waals surface area contributed by atoms with Crippen molar-refractivity contribution >= 4 is 5.78 Å². The van der Waals surface area contributed by atoms with E-state index in [-0.39, 0.29) is 5.78 Å². The van der Waals surface area contributed by atoms with Crippen LogP contribution in [0.1, 0.15) is 107 Å². The summed E-state index contributed by atoms with van der Waals surface area (Å²) in [5.41, 5.74) is 3.39. The second kappa shape index (κ2) is 42.3. The molecule has 0 N–H and O–H groups in total. The number of carbonyl (C=O) groups is 1. The minimum atomic E-state index is 0.167. The Morgan fingerprint density at radius 3 is 0.972 bits per heavy atom. The van der Waals surface area contributed by atoms with Gasteiger partial charge < -0.3 is 4.79 Å². The smallest absolute Gasteiger partial charge is 0.126 e. The molecule has 0 saturated heterocycles. The van der Waals surface area contributed by atoms with Crippen LogP contribution in [-0.4, -0.2) is 20.7 Å². The molecule has 0 unspecified atom stereocenters. The highest BCUT2D eigenvalue weighted by molar-refractivity contribution is 5.72. The van der Waals surface area contributed by atoms with Gasteiger partial charge in [-0.1, -0.05) is 93.9 Å². The van der Waals surface area contributed by atoms with Gasteiger partial charge in [-0.15, -0.1) is 0 Å². The number of ketones is 1. The van der Waals surface area contributed by atoms with Crippen LogP contribution >= 0.6 is 0 Å². The lowest BCUT2D eigenvalue weighted by Gasteiger charge is -1.88. The fourth-order valence-electron chi connectivity index (χ4n) is 1.66. The second-order valence-electron chi connectivity index (χ2n) is 6.44. The molecule has 0 aromatic carbocycles. The van der Waals surface area contributed by atoms with Crippen molar-refractivity contribution in [1.29, 1.82) is 0 Å². The number of rotatable bonds is 2. The zero-order valence-electron chi connectivity index (χ0n) is 25.8. The Hall–Kier alpha value is -2.88. The normalized spacial score (nSPS) is 7.47. The van der Waals surface area contributed by atoms with Crippen LogP contribution in [0.2, 0.25) is 0 Å². The molecule has 4 heteroatoms. The number of carbonyl (C=O) groups excluding carboxylic acids is 1. The molecule has 0 bridgehead atoms. The summed E-state index contributed by atoms with van der Waals surface area (Å²) in [5.74, 6) is 0.167. The van der Waals surface area contributed by atoms with E-state index in [1.807, 2.05) is 115 Å². The fraction of sp³-hybridized carbons (Fsp3) is 0.500. The van der Waals surface area contributed by atoms with E-state index in [2.05, 4.69) is 42.6 Å². The number of hydrogen-bond donors (Lipinski definition) is 0. The van der Waals surface area contributed by atoms with Crippen LogP contribution in [0.4, 0.5) is 0 Å². The number of Topliss-reactive ketones (excluding diaryl/α,β-unsaturated/α-hetero) is 1. The molecule has 0 aliphatic carbocycles. The van der Waals surface area contributed by atoms with E-state index in [0.717, 1.165) is 29.9 Å². The molecule has 0 fully saturated rings. The number of hydrogen-bond acceptors (Lipinski definition) is 4. The van der Waals surface area contributed by atoms with Gasteiger partial charge in [0.1, 0.15) is 5.78 Å². The van der Waals surface area contributed by atoms with Crippen LogP contribution in [0.15, 0.2) is 73.2 Å². The highest BCUT2D eigenvalue weighted by Gasteiger charge is 1.82. The van der Waals surface area contributed by atoms with E-state index in [4.69, 9.17) is 0 Å². The van der Waals surface area contributed by atoms with Gasteiger partial charge in [0.05, 0.1) is 0 Å². The molecule has 0 atom stereocenters. The highest BCUT2D eigenvalue weighted by atomic mass is 16.1. The maximum absolute atomic E-state index is 9.44. The first-order valence-corrected chi connectivity index (χ1v) is 13.6. The molecule has 0 spiro atoms. The van der Waals surface area contributed by atoms with Crippen LogP contribution in [0.25, 0.3) is 0 Å². The van der Waals surface area contributed by atoms with Crippen molar-refractivity contribution in [3.63, 3.8) is 0 Å². The van der Waals surface area contributed by atoms with Crippen molar-refractivity contribution < 1.29 is 4.79 Å². The largest absolute Gasteiger partial charge is 0.300 e. The fourth-order valence-corrected chi connectivity index (χ4v) is 1.66. The molecule has 0 aliphatic heterocycles. The Balaban J connectivity index is -0.000000109. The first-order chi connectivity index (χ1) is 17.4. The summed E-state index contributed by atoms with van der Waals surface area (Å²) in [6.07, 6.45) is 8.73. The molecular weight excluding hydrogens is 442 g/mol. The third-order valence-electron chi connectivity index (χ3n) is 2.99. The summed E-state index contributed by atoms with van der Waals surface area (Å²) in [5, 5.41) is 0. The quantitative estimate of drug-likeness (QED) is 0.352. The number of aryl methyl sites for hydroxylation is 3. The predicted octanol–water partition coefficient (Wildman–Crippen LogP) is 9.77. The van der Waals surface area contributed by atoms with E-state index in [0.29, 0.717) is 0 Å². The topological polar surface area (TPSA) is 55.7 Å². The van der Waals surface area contributed by atoms with Crippen molar-refractivity contribution in [2.45, 2.75) is 109 Å². The van der Waals surface area contributed by atoms with Crippen LogP contribution in [0, 0.1) is 6.92 Å². The molecular formula is C32H57N3O. The summed E-state index contributed by atoms with van der Waals surface area (Å²) in [4.78, 5) is 21.6. The minimum absolute atomic E-state index is 0.167. The van der Waals surface area contributed by atoms with Crippen LogP contribution in [0.5, 0.6) is 0 Å². The van der Waals surface area contributed by atoms with Gasteiger partial charge in [-0.25, -0.2) is 0 Å². The molecule has 0 saturated carbocycles. The van der Waals surface area contributed by atoms with Gasteiger partial charge in [0.15, 0.2) is 0 Å². The highest BCUT2D eigenvalue weighted by Crippen LogP contribution is 1.92. The van der Waals surface area contributed by atoms with Gasteiger partial charge >= 0.3 is 0 Å². The number of pyridine rings is 3. The minimum Gasteiger partial charge on any atom is -0.300 e. The lowest BCUT2D eigenvalue weighted by Crippen LogP contribution is -1.81. The Morgan fingerprint density at radius 1 is 0.583 bits per heavy atom. The van der Waals surface area contributed by atoms with Crippen molar-refractivity contribution in [3.8, 4) is 0 Å². The molecule has 4 nitrogen and oxygen atoms in total. The van der Waals surface area contributed by atoms with Gasteiger partial charge in [0, 0.05) is 35.7 Å². The van der Waals surface area contributed by atoms with Gasteiger partial charge in [-0.05, 0) is 70.0 Å². The third kappa shape index (κ3) is 44.7. The summed E-state index contributed by atoms with van der Waals surface area (Å²) >= 11 is 0. The molecule has 3 heterocycles. The summed E-state index contributed by atoms with van der Waals surface area (Å²) in [7, 11) is 0. The van der Waals surface area contributed by atoms with Crippen LogP contribution in [-0.2, 0) is 17.6 Å². The zero-order valence-corrected chi connectivity index (χ0v) is 25.8. The molecule has 3 aromatic heterocycles. The van der Waals surface area contributed by atoms with Crippen molar-refractivity contribution in [1.82, 2.24) is 15.0 Å². The summed E-state index contributed by atoms with van der Waals surface area (Å²) in [6.45, 7) is 25.5. The monoisotopic (exact) mass is 499 g/mol. The Labute approximate surface area is 225 Å². The van der Waals surface area contributed by atoms with Gasteiger partial charge in [-0.2, -0.15) is 0 Å². The summed E-state index contributed by atoms with van der Waals surface area (Å²) < 4.78 is 0. The molecule has 0 aliphatic rings. The molecule has 3 rings (SSSR count). The first kappa shape index (κ1) is 43.2. The van der Waals surface area contributed by atoms with Crippen molar-refractivity contribution in [3.05, 3.63) is 90.3 Å². The van der Waals surface area contributed by atoms with E-state index in [9.17, 15) is 4.79 Å². The lowest BCUT2D eigenvalue weighted by atomic mass is 10.3. The van der Waals surface area contributed by atoms with E-state index >= 15 is 0 Å². The maximum Gasteiger partial charge on any atom is 0.126 e. The van der Waals surface area contributed by atoms with Crippen LogP contribution in [0.3, 0.4) is 0 Å². The van der Waals surface area contributed by atoms with Crippen molar-refractivity contribution in [2.75, 3.05) is 0 Å². The third-order valence-corrected chi connectivity index (χ3v) is 2.99. The zero-order chi connectivity index (χ0) is 29.0. The van der Waals surface area contributed by atoms with E-state index in [1.165, 1.54) is 20.3 Å². The molecule has 206 valence electrons. The van der Waals surface area contributed by atoms with Gasteiger partial charge in [-0.3, -0.25) is 15.0 Å². The molecule has 36 heavy (non-hydrogen) atoms. The standard InChI is InChI=1S/2C7H9N.C6H7N.C3H6O.C3H8.3C2H6/c2*1-2-7-5-3-4-6-8-7;1-6-4-2-3-5-7-6;1-3(2)4;1-3-2;3*1-2/h2*3-6H,2H2,1H3;2-5H,1H3;1-2H3;3H2,1-2H3;3*1-2H3. The van der Waals surface area contributed by atoms with Crippen LogP contribution < -0.4 is 0 Å².